The van der Waals surface area contributed by atoms with E-state index >= 15 is 0 Å². The molecule has 3 heteroatoms. The van der Waals surface area contributed by atoms with Gasteiger partial charge in [0.2, 0.25) is 0 Å². The third-order valence-corrected chi connectivity index (χ3v) is 2.87. The molecule has 90 valence electrons. The normalized spacial score (nSPS) is 14.3. The highest BCUT2D eigenvalue weighted by Gasteiger charge is 2.15. The van der Waals surface area contributed by atoms with Gasteiger partial charge >= 0.3 is 0 Å². The highest BCUT2D eigenvalue weighted by Crippen LogP contribution is 2.08. The topological polar surface area (TPSA) is 30.3 Å². The molecule has 0 spiro atoms. The Labute approximate surface area is 95.0 Å². The van der Waals surface area contributed by atoms with Gasteiger partial charge in [0, 0.05) is 30.9 Å². The zero-order valence-electron chi connectivity index (χ0n) is 11.1. The van der Waals surface area contributed by atoms with Gasteiger partial charge in [-0.15, -0.1) is 0 Å². The molecule has 0 heterocycles. The van der Waals surface area contributed by atoms with Crippen LogP contribution < -0.4 is 0 Å². The summed E-state index contributed by atoms with van der Waals surface area (Å²) in [6, 6.07) is 1.43. The van der Waals surface area contributed by atoms with Gasteiger partial charge in [-0.05, 0) is 48.2 Å². The van der Waals surface area contributed by atoms with E-state index < -0.39 is 0 Å². The van der Waals surface area contributed by atoms with Crippen molar-refractivity contribution in [1.82, 2.24) is 9.80 Å². The molecule has 0 saturated heterocycles. The monoisotopic (exact) mass is 213 g/mol. The average molecular weight is 213 g/mol. The second-order valence-corrected chi connectivity index (χ2v) is 4.91. The standard InChI is InChI=1S/C12H27N3/c1-10(2)15(11(3)4)8-7-12(9-13)14(5)6/h9-13H,7-8H2,1-6H3. The molecule has 0 bridgehead atoms. The molecule has 15 heavy (non-hydrogen) atoms. The van der Waals surface area contributed by atoms with Crippen molar-refractivity contribution >= 4 is 6.21 Å². The summed E-state index contributed by atoms with van der Waals surface area (Å²) < 4.78 is 0. The van der Waals surface area contributed by atoms with Crippen molar-refractivity contribution in [1.29, 1.82) is 5.41 Å². The maximum absolute atomic E-state index is 7.36. The summed E-state index contributed by atoms with van der Waals surface area (Å²) in [5, 5.41) is 7.36. The van der Waals surface area contributed by atoms with Gasteiger partial charge in [0.25, 0.3) is 0 Å². The lowest BCUT2D eigenvalue weighted by Gasteiger charge is -2.32. The molecule has 0 radical (unpaired) electrons. The Bertz CT molecular complexity index is 168. The van der Waals surface area contributed by atoms with E-state index in [0.717, 1.165) is 13.0 Å². The average Bonchev–Trinajstić information content (AvgIpc) is 2.10. The fraction of sp³-hybridized carbons (Fsp3) is 0.917. The smallest absolute Gasteiger partial charge is 0.0450 e. The second kappa shape index (κ2) is 6.96. The predicted octanol–water partition coefficient (Wildman–Crippen LogP) is 2.08. The molecule has 0 aliphatic carbocycles. The van der Waals surface area contributed by atoms with Crippen molar-refractivity contribution in [3.05, 3.63) is 0 Å². The van der Waals surface area contributed by atoms with Gasteiger partial charge in [0.05, 0.1) is 0 Å². The van der Waals surface area contributed by atoms with Crippen molar-refractivity contribution in [2.24, 2.45) is 0 Å². The summed E-state index contributed by atoms with van der Waals surface area (Å²) in [6.07, 6.45) is 2.58. The molecule has 0 aromatic rings. The summed E-state index contributed by atoms with van der Waals surface area (Å²) in [5.41, 5.74) is 0. The molecule has 1 atom stereocenters. The SMILES string of the molecule is CC(C)N(CCC(C=N)N(C)C)C(C)C. The number of hydrogen-bond acceptors (Lipinski definition) is 3. The zero-order chi connectivity index (χ0) is 12.0. The largest absolute Gasteiger partial charge is 0.311 e. The van der Waals surface area contributed by atoms with Gasteiger partial charge in [-0.3, -0.25) is 4.90 Å². The minimum Gasteiger partial charge on any atom is -0.311 e. The van der Waals surface area contributed by atoms with E-state index in [4.69, 9.17) is 5.41 Å². The highest BCUT2D eigenvalue weighted by atomic mass is 15.2. The molecular formula is C12H27N3. The summed E-state index contributed by atoms with van der Waals surface area (Å²) >= 11 is 0. The lowest BCUT2D eigenvalue weighted by molar-refractivity contribution is 0.161. The Hall–Kier alpha value is -0.410. The zero-order valence-corrected chi connectivity index (χ0v) is 11.1. The van der Waals surface area contributed by atoms with Gasteiger partial charge in [0.1, 0.15) is 0 Å². The van der Waals surface area contributed by atoms with Crippen LogP contribution in [0.2, 0.25) is 0 Å². The van der Waals surface area contributed by atoms with Gasteiger partial charge < -0.3 is 10.3 Å². The first-order chi connectivity index (χ1) is 6.90. The Balaban J connectivity index is 4.14. The molecule has 0 aliphatic heterocycles. The highest BCUT2D eigenvalue weighted by molar-refractivity contribution is 5.60. The lowest BCUT2D eigenvalue weighted by Crippen LogP contribution is -2.41. The van der Waals surface area contributed by atoms with E-state index in [-0.39, 0.29) is 6.04 Å². The van der Waals surface area contributed by atoms with Gasteiger partial charge in [-0.25, -0.2) is 0 Å². The number of nitrogens with one attached hydrogen (secondary N) is 1. The minimum absolute atomic E-state index is 0.269. The Kier molecular flexibility index (Phi) is 6.77. The van der Waals surface area contributed by atoms with Crippen LogP contribution in [0, 0.1) is 5.41 Å². The molecule has 0 fully saturated rings. The van der Waals surface area contributed by atoms with Crippen molar-refractivity contribution in [3.8, 4) is 0 Å². The fourth-order valence-corrected chi connectivity index (χ4v) is 1.88. The quantitative estimate of drug-likeness (QED) is 0.656. The molecule has 0 aromatic carbocycles. The molecule has 0 amide bonds. The molecular weight excluding hydrogens is 186 g/mol. The molecule has 0 aliphatic rings. The van der Waals surface area contributed by atoms with Crippen LogP contribution in [-0.4, -0.2) is 54.8 Å². The predicted molar refractivity (Wildman–Crippen MR) is 67.9 cm³/mol. The molecule has 1 unspecified atom stereocenters. The van der Waals surface area contributed by atoms with Gasteiger partial charge in [0.15, 0.2) is 0 Å². The van der Waals surface area contributed by atoms with Crippen LogP contribution in [0.4, 0.5) is 0 Å². The van der Waals surface area contributed by atoms with E-state index in [9.17, 15) is 0 Å². The van der Waals surface area contributed by atoms with Crippen LogP contribution in [0.3, 0.4) is 0 Å². The van der Waals surface area contributed by atoms with Crippen LogP contribution >= 0.6 is 0 Å². The summed E-state index contributed by atoms with van der Waals surface area (Å²) in [4.78, 5) is 4.58. The first-order valence-corrected chi connectivity index (χ1v) is 5.82. The van der Waals surface area contributed by atoms with Crippen molar-refractivity contribution in [3.63, 3.8) is 0 Å². The van der Waals surface area contributed by atoms with E-state index in [2.05, 4.69) is 37.5 Å². The summed E-state index contributed by atoms with van der Waals surface area (Å²) in [5.74, 6) is 0. The van der Waals surface area contributed by atoms with E-state index in [1.807, 2.05) is 14.1 Å². The number of nitrogens with zero attached hydrogens (tertiary/aromatic N) is 2. The first-order valence-electron chi connectivity index (χ1n) is 5.82. The van der Waals surface area contributed by atoms with Crippen LogP contribution in [0.15, 0.2) is 0 Å². The minimum atomic E-state index is 0.269. The van der Waals surface area contributed by atoms with Crippen molar-refractivity contribution in [2.45, 2.75) is 52.2 Å². The molecule has 1 N–H and O–H groups in total. The third-order valence-electron chi connectivity index (χ3n) is 2.87. The number of hydrogen-bond donors (Lipinski definition) is 1. The summed E-state index contributed by atoms with van der Waals surface area (Å²) in [6.45, 7) is 9.99. The Morgan fingerprint density at radius 2 is 1.53 bits per heavy atom. The van der Waals surface area contributed by atoms with Gasteiger partial charge in [-0.2, -0.15) is 0 Å². The van der Waals surface area contributed by atoms with Crippen LogP contribution in [-0.2, 0) is 0 Å². The summed E-state index contributed by atoms with van der Waals surface area (Å²) in [7, 11) is 4.07. The Morgan fingerprint density at radius 1 is 1.07 bits per heavy atom. The maximum atomic E-state index is 7.36. The lowest BCUT2D eigenvalue weighted by atomic mass is 10.1. The van der Waals surface area contributed by atoms with Crippen LogP contribution in [0.1, 0.15) is 34.1 Å². The molecule has 0 rings (SSSR count). The van der Waals surface area contributed by atoms with Crippen LogP contribution in [0.5, 0.6) is 0 Å². The number of rotatable bonds is 7. The van der Waals surface area contributed by atoms with Crippen molar-refractivity contribution < 1.29 is 0 Å². The fourth-order valence-electron chi connectivity index (χ4n) is 1.88. The van der Waals surface area contributed by atoms with E-state index in [1.54, 1.807) is 6.21 Å². The maximum Gasteiger partial charge on any atom is 0.0450 e. The second-order valence-electron chi connectivity index (χ2n) is 4.91. The molecule has 0 saturated carbocycles. The molecule has 3 nitrogen and oxygen atoms in total. The van der Waals surface area contributed by atoms with E-state index in [1.165, 1.54) is 0 Å². The first kappa shape index (κ1) is 14.6. The molecule has 0 aromatic heterocycles. The third kappa shape index (κ3) is 5.28. The van der Waals surface area contributed by atoms with Crippen LogP contribution in [0.25, 0.3) is 0 Å². The Morgan fingerprint density at radius 3 is 1.80 bits per heavy atom. The van der Waals surface area contributed by atoms with E-state index in [0.29, 0.717) is 12.1 Å². The van der Waals surface area contributed by atoms with Crippen molar-refractivity contribution in [2.75, 3.05) is 20.6 Å². The van der Waals surface area contributed by atoms with Gasteiger partial charge in [-0.1, -0.05) is 0 Å².